The topological polar surface area (TPSA) is 9.23 Å². The first-order valence-electron chi connectivity index (χ1n) is 6.56. The van der Waals surface area contributed by atoms with Crippen molar-refractivity contribution in [1.82, 2.24) is 0 Å². The minimum atomic E-state index is -4.27. The van der Waals surface area contributed by atoms with Crippen molar-refractivity contribution in [2.24, 2.45) is 0 Å². The van der Waals surface area contributed by atoms with Crippen molar-refractivity contribution in [1.29, 1.82) is 0 Å². The van der Waals surface area contributed by atoms with Crippen molar-refractivity contribution in [2.45, 2.75) is 24.6 Å². The quantitative estimate of drug-likeness (QED) is 0.662. The molecule has 0 unspecified atom stereocenters. The van der Waals surface area contributed by atoms with Crippen LogP contribution in [0, 0.1) is 0 Å². The summed E-state index contributed by atoms with van der Waals surface area (Å²) in [4.78, 5) is 0. The average molecular weight is 334 g/mol. The van der Waals surface area contributed by atoms with E-state index in [1.807, 2.05) is 0 Å². The van der Waals surface area contributed by atoms with Gasteiger partial charge < -0.3 is 4.74 Å². The third-order valence-electron chi connectivity index (χ3n) is 3.13. The minimum Gasteiger partial charge on any atom is -0.303 e. The lowest BCUT2D eigenvalue weighted by Crippen LogP contribution is -2.38. The van der Waals surface area contributed by atoms with Crippen LogP contribution in [0.5, 0.6) is 0 Å². The van der Waals surface area contributed by atoms with E-state index < -0.39 is 35.7 Å². The molecule has 124 valence electrons. The van der Waals surface area contributed by atoms with Crippen LogP contribution in [0.15, 0.2) is 60.7 Å². The highest BCUT2D eigenvalue weighted by Gasteiger charge is 2.50. The second kappa shape index (κ2) is 6.62. The summed E-state index contributed by atoms with van der Waals surface area (Å²) in [6.07, 6.45) is -7.12. The van der Waals surface area contributed by atoms with E-state index in [-0.39, 0.29) is 0 Å². The number of hydrogen-bond acceptors (Lipinski definition) is 1. The predicted octanol–water partition coefficient (Wildman–Crippen LogP) is 5.18. The highest BCUT2D eigenvalue weighted by atomic mass is 19.3. The summed E-state index contributed by atoms with van der Waals surface area (Å²) in [5, 5.41) is 0. The van der Waals surface area contributed by atoms with Gasteiger partial charge in [0.15, 0.2) is 0 Å². The molecular formula is C16H12F6O. The van der Waals surface area contributed by atoms with Gasteiger partial charge in [-0.1, -0.05) is 60.7 Å². The molecule has 0 amide bonds. The van der Waals surface area contributed by atoms with Crippen LogP contribution in [0.1, 0.15) is 11.1 Å². The van der Waals surface area contributed by atoms with Crippen LogP contribution in [0.25, 0.3) is 0 Å². The number of rotatable bonds is 6. The van der Waals surface area contributed by atoms with Gasteiger partial charge in [0.1, 0.15) is 0 Å². The van der Waals surface area contributed by atoms with Crippen molar-refractivity contribution in [3.05, 3.63) is 71.8 Å². The monoisotopic (exact) mass is 334 g/mol. The molecule has 0 spiro atoms. The van der Waals surface area contributed by atoms with Gasteiger partial charge in [-0.15, -0.1) is 0 Å². The van der Waals surface area contributed by atoms with Gasteiger partial charge in [0.25, 0.3) is 12.7 Å². The Bertz CT molecular complexity index is 561. The second-order valence-corrected chi connectivity index (χ2v) is 4.75. The number of hydrogen-bond donors (Lipinski definition) is 0. The second-order valence-electron chi connectivity index (χ2n) is 4.75. The first-order valence-corrected chi connectivity index (χ1v) is 6.56. The van der Waals surface area contributed by atoms with E-state index in [0.29, 0.717) is 0 Å². The van der Waals surface area contributed by atoms with Crippen LogP contribution in [0.3, 0.4) is 0 Å². The molecule has 2 aromatic carbocycles. The highest BCUT2D eigenvalue weighted by Crippen LogP contribution is 2.39. The first-order chi connectivity index (χ1) is 10.8. The summed E-state index contributed by atoms with van der Waals surface area (Å²) < 4.78 is 86.0. The van der Waals surface area contributed by atoms with Crippen molar-refractivity contribution in [3.8, 4) is 0 Å². The van der Waals surface area contributed by atoms with E-state index >= 15 is 0 Å². The van der Waals surface area contributed by atoms with Gasteiger partial charge in [-0.05, 0) is 0 Å². The lowest BCUT2D eigenvalue weighted by molar-refractivity contribution is -0.295. The molecule has 0 aliphatic heterocycles. The molecule has 2 atom stereocenters. The largest absolute Gasteiger partial charge is 0.327 e. The van der Waals surface area contributed by atoms with Crippen LogP contribution >= 0.6 is 0 Å². The Balaban J connectivity index is 2.14. The molecule has 2 aromatic rings. The van der Waals surface area contributed by atoms with Crippen LogP contribution in [0.2, 0.25) is 0 Å². The van der Waals surface area contributed by atoms with E-state index in [9.17, 15) is 26.3 Å². The number of benzene rings is 2. The van der Waals surface area contributed by atoms with Crippen LogP contribution < -0.4 is 0 Å². The molecular weight excluding hydrogens is 322 g/mol. The number of alkyl halides is 6. The lowest BCUT2D eigenvalue weighted by atomic mass is 10.1. The third kappa shape index (κ3) is 3.67. The maximum Gasteiger partial charge on any atom is 0.327 e. The summed E-state index contributed by atoms with van der Waals surface area (Å²) in [6.45, 7) is 0. The summed E-state index contributed by atoms with van der Waals surface area (Å²) >= 11 is 0. The Labute approximate surface area is 128 Å². The first kappa shape index (κ1) is 17.3. The molecule has 0 aliphatic rings. The molecule has 0 saturated carbocycles. The fourth-order valence-electron chi connectivity index (χ4n) is 1.86. The zero-order valence-corrected chi connectivity index (χ0v) is 11.6. The molecule has 2 rings (SSSR count). The molecule has 0 aromatic heterocycles. The Morgan fingerprint density at radius 3 is 1.22 bits per heavy atom. The normalized spacial score (nSPS) is 15.2. The van der Waals surface area contributed by atoms with Crippen molar-refractivity contribution in [3.63, 3.8) is 0 Å². The van der Waals surface area contributed by atoms with E-state index in [0.717, 1.165) is 24.3 Å². The SMILES string of the molecule is F[C@@H](O[C@H](F)C(F)(F)c1ccccc1)C(F)(F)c1ccccc1. The third-order valence-corrected chi connectivity index (χ3v) is 3.13. The van der Waals surface area contributed by atoms with Gasteiger partial charge in [-0.2, -0.15) is 17.6 Å². The minimum absolute atomic E-state index is 0.803. The summed E-state index contributed by atoms with van der Waals surface area (Å²) in [5.74, 6) is -8.53. The van der Waals surface area contributed by atoms with Gasteiger partial charge in [0, 0.05) is 11.1 Å². The summed E-state index contributed by atoms with van der Waals surface area (Å²) in [5.41, 5.74) is -1.61. The fraction of sp³-hybridized carbons (Fsp3) is 0.250. The maximum absolute atomic E-state index is 13.8. The van der Waals surface area contributed by atoms with Gasteiger partial charge in [-0.25, -0.2) is 8.78 Å². The fourth-order valence-corrected chi connectivity index (χ4v) is 1.86. The van der Waals surface area contributed by atoms with E-state index in [1.54, 1.807) is 0 Å². The molecule has 0 bridgehead atoms. The Morgan fingerprint density at radius 2 is 0.913 bits per heavy atom. The number of ether oxygens (including phenoxy) is 1. The maximum atomic E-state index is 13.8. The molecule has 0 N–H and O–H groups in total. The van der Waals surface area contributed by atoms with Gasteiger partial charge in [-0.3, -0.25) is 0 Å². The Morgan fingerprint density at radius 1 is 0.609 bits per heavy atom. The number of halogens is 6. The zero-order chi connectivity index (χ0) is 17.1. The lowest BCUT2D eigenvalue weighted by Gasteiger charge is -2.26. The molecule has 0 fully saturated rings. The zero-order valence-electron chi connectivity index (χ0n) is 11.6. The van der Waals surface area contributed by atoms with Crippen LogP contribution in [-0.4, -0.2) is 12.7 Å². The Hall–Kier alpha value is -2.02. The molecule has 0 radical (unpaired) electrons. The smallest absolute Gasteiger partial charge is 0.303 e. The molecule has 1 nitrogen and oxygen atoms in total. The van der Waals surface area contributed by atoms with Gasteiger partial charge >= 0.3 is 11.8 Å². The summed E-state index contributed by atoms with van der Waals surface area (Å²) in [7, 11) is 0. The van der Waals surface area contributed by atoms with E-state index in [2.05, 4.69) is 4.74 Å². The van der Waals surface area contributed by atoms with Crippen molar-refractivity contribution in [2.75, 3.05) is 0 Å². The van der Waals surface area contributed by atoms with E-state index in [1.165, 1.54) is 36.4 Å². The molecule has 7 heteroatoms. The Kier molecular flexibility index (Phi) is 4.99. The molecule has 0 aliphatic carbocycles. The van der Waals surface area contributed by atoms with Gasteiger partial charge in [0.2, 0.25) is 0 Å². The van der Waals surface area contributed by atoms with Crippen molar-refractivity contribution < 1.29 is 31.1 Å². The van der Waals surface area contributed by atoms with Gasteiger partial charge in [0.05, 0.1) is 0 Å². The van der Waals surface area contributed by atoms with Crippen LogP contribution in [0.4, 0.5) is 26.3 Å². The van der Waals surface area contributed by atoms with Crippen LogP contribution in [-0.2, 0) is 16.6 Å². The average Bonchev–Trinajstić information content (AvgIpc) is 2.56. The predicted molar refractivity (Wildman–Crippen MR) is 71.5 cm³/mol. The molecule has 0 saturated heterocycles. The van der Waals surface area contributed by atoms with E-state index in [4.69, 9.17) is 0 Å². The van der Waals surface area contributed by atoms with Crippen molar-refractivity contribution >= 4 is 0 Å². The molecule has 0 heterocycles. The summed E-state index contributed by atoms with van der Waals surface area (Å²) in [6, 6.07) is 11.2. The highest BCUT2D eigenvalue weighted by molar-refractivity contribution is 5.22. The standard InChI is InChI=1S/C16H12F6O/c17-13(15(19,20)11-7-3-1-4-8-11)23-14(18)16(21,22)12-9-5-2-6-10-12/h1-10,13-14H/t13-,14-/m0/s1. The molecule has 23 heavy (non-hydrogen) atoms.